The molecular formula is C15H27N3O3. The van der Waals surface area contributed by atoms with E-state index in [1.165, 1.54) is 17.7 Å². The van der Waals surface area contributed by atoms with Gasteiger partial charge in [0.1, 0.15) is 6.04 Å². The third kappa shape index (κ3) is 4.88. The van der Waals surface area contributed by atoms with E-state index in [1.807, 2.05) is 0 Å². The fourth-order valence-corrected chi connectivity index (χ4v) is 2.87. The Kier molecular flexibility index (Phi) is 5.85. The van der Waals surface area contributed by atoms with E-state index in [-0.39, 0.29) is 6.03 Å². The Bertz CT molecular complexity index is 371. The maximum absolute atomic E-state index is 12.1. The van der Waals surface area contributed by atoms with Crippen LogP contribution in [-0.4, -0.2) is 53.7 Å². The van der Waals surface area contributed by atoms with E-state index in [0.29, 0.717) is 31.5 Å². The average Bonchev–Trinajstić information content (AvgIpc) is 3.30. The second-order valence-electron chi connectivity index (χ2n) is 6.16. The Morgan fingerprint density at radius 1 is 1.24 bits per heavy atom. The van der Waals surface area contributed by atoms with Crippen LogP contribution in [0.3, 0.4) is 0 Å². The molecule has 2 aliphatic rings. The number of aliphatic carboxylic acids is 1. The largest absolute Gasteiger partial charge is 0.480 e. The number of amides is 2. The van der Waals surface area contributed by atoms with Gasteiger partial charge < -0.3 is 20.6 Å². The molecule has 3 N–H and O–H groups in total. The monoisotopic (exact) mass is 297 g/mol. The fourth-order valence-electron chi connectivity index (χ4n) is 2.87. The highest BCUT2D eigenvalue weighted by Gasteiger charge is 2.35. The Hall–Kier alpha value is -1.30. The lowest BCUT2D eigenvalue weighted by Gasteiger charge is -2.36. The van der Waals surface area contributed by atoms with Crippen molar-refractivity contribution < 1.29 is 14.7 Å². The predicted molar refractivity (Wildman–Crippen MR) is 80.2 cm³/mol. The Balaban J connectivity index is 1.72. The summed E-state index contributed by atoms with van der Waals surface area (Å²) in [6.45, 7) is 4.12. The number of hydrogen-bond donors (Lipinski definition) is 3. The minimum atomic E-state index is -0.890. The van der Waals surface area contributed by atoms with Crippen molar-refractivity contribution in [2.75, 3.05) is 19.6 Å². The van der Waals surface area contributed by atoms with E-state index >= 15 is 0 Å². The van der Waals surface area contributed by atoms with Gasteiger partial charge >= 0.3 is 12.0 Å². The molecule has 2 fully saturated rings. The lowest BCUT2D eigenvalue weighted by Crippen LogP contribution is -2.53. The number of rotatable bonds is 7. The highest BCUT2D eigenvalue weighted by atomic mass is 16.4. The first-order chi connectivity index (χ1) is 10.1. The summed E-state index contributed by atoms with van der Waals surface area (Å²) >= 11 is 0. The van der Waals surface area contributed by atoms with Gasteiger partial charge in [-0.25, -0.2) is 9.59 Å². The smallest absolute Gasteiger partial charge is 0.326 e. The minimum absolute atomic E-state index is 0.233. The molecule has 0 radical (unpaired) electrons. The summed E-state index contributed by atoms with van der Waals surface area (Å²) in [5, 5.41) is 15.6. The highest BCUT2D eigenvalue weighted by Crippen LogP contribution is 2.25. The van der Waals surface area contributed by atoms with E-state index < -0.39 is 12.0 Å². The van der Waals surface area contributed by atoms with Crippen LogP contribution in [-0.2, 0) is 4.79 Å². The van der Waals surface area contributed by atoms with Gasteiger partial charge in [0, 0.05) is 19.1 Å². The number of carbonyl (C=O) groups is 2. The highest BCUT2D eigenvalue weighted by molar-refractivity contribution is 5.82. The number of carbonyl (C=O) groups excluding carboxylic acids is 1. The van der Waals surface area contributed by atoms with Gasteiger partial charge in [-0.1, -0.05) is 13.3 Å². The zero-order chi connectivity index (χ0) is 15.2. The molecule has 6 nitrogen and oxygen atoms in total. The third-order valence-corrected chi connectivity index (χ3v) is 4.47. The van der Waals surface area contributed by atoms with E-state index in [0.717, 1.165) is 25.8 Å². The molecular weight excluding hydrogens is 270 g/mol. The summed E-state index contributed by atoms with van der Waals surface area (Å²) in [4.78, 5) is 25.0. The van der Waals surface area contributed by atoms with Gasteiger partial charge in [-0.05, 0) is 44.6 Å². The number of nitrogens with zero attached hydrogens (tertiary/aromatic N) is 1. The Labute approximate surface area is 126 Å². The summed E-state index contributed by atoms with van der Waals surface area (Å²) in [7, 11) is 0. The van der Waals surface area contributed by atoms with Gasteiger partial charge in [-0.15, -0.1) is 0 Å². The molecule has 0 aromatic carbocycles. The normalized spacial score (nSPS) is 25.7. The maximum Gasteiger partial charge on any atom is 0.326 e. The minimum Gasteiger partial charge on any atom is -0.480 e. The van der Waals surface area contributed by atoms with Crippen LogP contribution in [0.5, 0.6) is 0 Å². The van der Waals surface area contributed by atoms with Crippen molar-refractivity contribution in [1.29, 1.82) is 0 Å². The van der Waals surface area contributed by atoms with Gasteiger partial charge in [0.25, 0.3) is 0 Å². The molecule has 21 heavy (non-hydrogen) atoms. The van der Waals surface area contributed by atoms with Crippen molar-refractivity contribution in [1.82, 2.24) is 15.5 Å². The molecule has 0 bridgehead atoms. The lowest BCUT2D eigenvalue weighted by atomic mass is 9.89. The van der Waals surface area contributed by atoms with E-state index in [1.54, 1.807) is 0 Å². The second-order valence-corrected chi connectivity index (χ2v) is 6.16. The first-order valence-electron chi connectivity index (χ1n) is 8.12. The fraction of sp³-hybridized carbons (Fsp3) is 0.867. The van der Waals surface area contributed by atoms with Gasteiger partial charge in [0.2, 0.25) is 0 Å². The summed E-state index contributed by atoms with van der Waals surface area (Å²) in [6, 6.07) is -0.221. The van der Waals surface area contributed by atoms with Gasteiger partial charge in [0.05, 0.1) is 0 Å². The lowest BCUT2D eigenvalue weighted by molar-refractivity contribution is -0.144. The summed E-state index contributed by atoms with van der Waals surface area (Å²) in [5.41, 5.74) is 0. The number of carboxylic acid groups (broad SMARTS) is 1. The summed E-state index contributed by atoms with van der Waals surface area (Å²) in [6.07, 6.45) is 5.86. The molecule has 0 aromatic heterocycles. The molecule has 1 aliphatic heterocycles. The SMILES string of the molecule is CCC1CCN(C(=O)NCCCNC2CC2)C(C(=O)O)C1. The molecule has 1 aliphatic carbocycles. The number of urea groups is 1. The van der Waals surface area contributed by atoms with Crippen molar-refractivity contribution in [2.45, 2.75) is 57.5 Å². The molecule has 120 valence electrons. The molecule has 2 amide bonds. The van der Waals surface area contributed by atoms with E-state index in [2.05, 4.69) is 17.6 Å². The van der Waals surface area contributed by atoms with E-state index in [9.17, 15) is 14.7 Å². The van der Waals surface area contributed by atoms with E-state index in [4.69, 9.17) is 0 Å². The van der Waals surface area contributed by atoms with Crippen LogP contribution < -0.4 is 10.6 Å². The van der Waals surface area contributed by atoms with Crippen LogP contribution in [0.25, 0.3) is 0 Å². The maximum atomic E-state index is 12.1. The van der Waals surface area contributed by atoms with Crippen molar-refractivity contribution in [3.05, 3.63) is 0 Å². The molecule has 0 aromatic rings. The summed E-state index contributed by atoms with van der Waals surface area (Å²) < 4.78 is 0. The first kappa shape index (κ1) is 16.1. The Morgan fingerprint density at radius 3 is 2.62 bits per heavy atom. The molecule has 2 unspecified atom stereocenters. The number of nitrogens with one attached hydrogen (secondary N) is 2. The average molecular weight is 297 g/mol. The molecule has 1 heterocycles. The molecule has 1 saturated carbocycles. The third-order valence-electron chi connectivity index (χ3n) is 4.47. The standard InChI is InChI=1S/C15H27N3O3/c1-2-11-6-9-18(13(10-11)14(19)20)15(21)17-8-3-7-16-12-4-5-12/h11-13,16H,2-10H2,1H3,(H,17,21)(H,19,20). The van der Waals surface area contributed by atoms with Crippen LogP contribution in [0, 0.1) is 5.92 Å². The number of hydrogen-bond acceptors (Lipinski definition) is 3. The van der Waals surface area contributed by atoms with Crippen LogP contribution >= 0.6 is 0 Å². The van der Waals surface area contributed by atoms with Crippen molar-refractivity contribution >= 4 is 12.0 Å². The molecule has 6 heteroatoms. The molecule has 1 saturated heterocycles. The van der Waals surface area contributed by atoms with Gasteiger partial charge in [-0.2, -0.15) is 0 Å². The first-order valence-corrected chi connectivity index (χ1v) is 8.12. The Morgan fingerprint density at radius 2 is 2.00 bits per heavy atom. The van der Waals surface area contributed by atoms with Gasteiger partial charge in [-0.3, -0.25) is 0 Å². The zero-order valence-corrected chi connectivity index (χ0v) is 12.8. The number of piperidine rings is 1. The number of carboxylic acids is 1. The van der Waals surface area contributed by atoms with Crippen LogP contribution in [0.4, 0.5) is 4.79 Å². The zero-order valence-electron chi connectivity index (χ0n) is 12.8. The predicted octanol–water partition coefficient (Wildman–Crippen LogP) is 1.41. The molecule has 0 spiro atoms. The van der Waals surface area contributed by atoms with Crippen LogP contribution in [0.1, 0.15) is 45.4 Å². The van der Waals surface area contributed by atoms with Crippen LogP contribution in [0.2, 0.25) is 0 Å². The van der Waals surface area contributed by atoms with Crippen molar-refractivity contribution in [3.63, 3.8) is 0 Å². The summed E-state index contributed by atoms with van der Waals surface area (Å²) in [5.74, 6) is -0.475. The number of likely N-dealkylation sites (tertiary alicyclic amines) is 1. The van der Waals surface area contributed by atoms with Crippen LogP contribution in [0.15, 0.2) is 0 Å². The van der Waals surface area contributed by atoms with Crippen molar-refractivity contribution in [2.24, 2.45) is 5.92 Å². The van der Waals surface area contributed by atoms with Gasteiger partial charge in [0.15, 0.2) is 0 Å². The second kappa shape index (κ2) is 7.64. The molecule has 2 rings (SSSR count). The quantitative estimate of drug-likeness (QED) is 0.621. The topological polar surface area (TPSA) is 81.7 Å². The van der Waals surface area contributed by atoms with Crippen molar-refractivity contribution in [3.8, 4) is 0 Å². The molecule has 2 atom stereocenters.